The monoisotopic (exact) mass is 322 g/mol. The summed E-state index contributed by atoms with van der Waals surface area (Å²) in [5.74, 6) is 0. The first-order chi connectivity index (χ1) is 11.6. The molecule has 2 heterocycles. The molecule has 0 radical (unpaired) electrons. The van der Waals surface area contributed by atoms with Gasteiger partial charge in [-0.3, -0.25) is 9.67 Å². The molecule has 0 saturated carbocycles. The summed E-state index contributed by atoms with van der Waals surface area (Å²) in [4.78, 5) is 4.05. The number of hydrogen-bond acceptors (Lipinski definition) is 4. The van der Waals surface area contributed by atoms with Gasteiger partial charge in [-0.05, 0) is 24.6 Å². The van der Waals surface area contributed by atoms with Crippen molar-refractivity contribution in [1.29, 1.82) is 0 Å². The highest BCUT2D eigenvalue weighted by molar-refractivity contribution is 5.61. The van der Waals surface area contributed by atoms with Crippen LogP contribution in [0.2, 0.25) is 0 Å². The zero-order valence-electron chi connectivity index (χ0n) is 14.0. The van der Waals surface area contributed by atoms with Crippen LogP contribution in [0, 0.1) is 6.92 Å². The lowest BCUT2D eigenvalue weighted by Crippen LogP contribution is -2.21. The van der Waals surface area contributed by atoms with E-state index in [0.29, 0.717) is 13.1 Å². The first kappa shape index (κ1) is 16.4. The summed E-state index contributed by atoms with van der Waals surface area (Å²) < 4.78 is 1.81. The Kier molecular flexibility index (Phi) is 5.03. The molecule has 1 unspecified atom stereocenters. The normalized spacial score (nSPS) is 12.3. The molecule has 5 nitrogen and oxygen atoms in total. The van der Waals surface area contributed by atoms with Gasteiger partial charge in [-0.25, -0.2) is 0 Å². The van der Waals surface area contributed by atoms with Crippen molar-refractivity contribution >= 4 is 0 Å². The Balaban J connectivity index is 1.65. The Hall–Kier alpha value is -2.50. The second kappa shape index (κ2) is 7.38. The van der Waals surface area contributed by atoms with Gasteiger partial charge in [0.1, 0.15) is 0 Å². The fraction of sp³-hybridized carbons (Fsp3) is 0.263. The maximum absolute atomic E-state index is 10.3. The van der Waals surface area contributed by atoms with Gasteiger partial charge in [0.05, 0.1) is 11.8 Å². The van der Waals surface area contributed by atoms with Gasteiger partial charge in [-0.1, -0.05) is 29.8 Å². The SMILES string of the molecule is Cc1cccc(C(O)CNCc2cn(C)nc2-c2ccncc2)c1. The van der Waals surface area contributed by atoms with Gasteiger partial charge in [0.25, 0.3) is 0 Å². The molecule has 0 spiro atoms. The lowest BCUT2D eigenvalue weighted by Gasteiger charge is -2.13. The smallest absolute Gasteiger partial charge is 0.0969 e. The van der Waals surface area contributed by atoms with Crippen LogP contribution >= 0.6 is 0 Å². The van der Waals surface area contributed by atoms with Gasteiger partial charge in [0.2, 0.25) is 0 Å². The number of aryl methyl sites for hydroxylation is 2. The number of pyridine rings is 1. The Morgan fingerprint density at radius 2 is 2.00 bits per heavy atom. The second-order valence-electron chi connectivity index (χ2n) is 5.97. The van der Waals surface area contributed by atoms with Crippen molar-refractivity contribution in [3.63, 3.8) is 0 Å². The van der Waals surface area contributed by atoms with Gasteiger partial charge in [-0.15, -0.1) is 0 Å². The first-order valence-electron chi connectivity index (χ1n) is 8.02. The highest BCUT2D eigenvalue weighted by Crippen LogP contribution is 2.21. The van der Waals surface area contributed by atoms with Crippen molar-refractivity contribution < 1.29 is 5.11 Å². The minimum Gasteiger partial charge on any atom is -0.387 e. The molecule has 0 amide bonds. The predicted molar refractivity (Wildman–Crippen MR) is 94.3 cm³/mol. The fourth-order valence-corrected chi connectivity index (χ4v) is 2.76. The fourth-order valence-electron chi connectivity index (χ4n) is 2.76. The van der Waals surface area contributed by atoms with E-state index in [-0.39, 0.29) is 0 Å². The van der Waals surface area contributed by atoms with Crippen LogP contribution in [0.1, 0.15) is 22.8 Å². The molecule has 1 aromatic carbocycles. The van der Waals surface area contributed by atoms with E-state index in [1.807, 2.05) is 61.2 Å². The summed E-state index contributed by atoms with van der Waals surface area (Å²) in [6.45, 7) is 3.17. The molecule has 3 aromatic rings. The maximum Gasteiger partial charge on any atom is 0.0969 e. The molecule has 0 aliphatic rings. The first-order valence-corrected chi connectivity index (χ1v) is 8.02. The van der Waals surface area contributed by atoms with Gasteiger partial charge in [0.15, 0.2) is 0 Å². The summed E-state index contributed by atoms with van der Waals surface area (Å²) in [6.07, 6.45) is 5.01. The van der Waals surface area contributed by atoms with E-state index in [2.05, 4.69) is 15.4 Å². The number of aromatic nitrogens is 3. The van der Waals surface area contributed by atoms with E-state index < -0.39 is 6.10 Å². The van der Waals surface area contributed by atoms with Gasteiger partial charge >= 0.3 is 0 Å². The predicted octanol–water partition coefficient (Wildman–Crippen LogP) is 2.61. The molecule has 0 saturated heterocycles. The Morgan fingerprint density at radius 1 is 1.21 bits per heavy atom. The van der Waals surface area contributed by atoms with Crippen LogP contribution in [0.25, 0.3) is 11.3 Å². The third kappa shape index (κ3) is 3.88. The summed E-state index contributed by atoms with van der Waals surface area (Å²) >= 11 is 0. The van der Waals surface area contributed by atoms with E-state index in [4.69, 9.17) is 0 Å². The molecule has 0 aliphatic carbocycles. The summed E-state index contributed by atoms with van der Waals surface area (Å²) in [5, 5.41) is 18.2. The molecule has 2 aromatic heterocycles. The van der Waals surface area contributed by atoms with Crippen molar-refractivity contribution in [1.82, 2.24) is 20.1 Å². The summed E-state index contributed by atoms with van der Waals surface area (Å²) in [6, 6.07) is 11.9. The lowest BCUT2D eigenvalue weighted by molar-refractivity contribution is 0.174. The molecule has 3 rings (SSSR count). The molecule has 2 N–H and O–H groups in total. The highest BCUT2D eigenvalue weighted by Gasteiger charge is 2.11. The number of rotatable bonds is 6. The number of aliphatic hydroxyl groups excluding tert-OH is 1. The van der Waals surface area contributed by atoms with E-state index >= 15 is 0 Å². The Morgan fingerprint density at radius 3 is 2.75 bits per heavy atom. The van der Waals surface area contributed by atoms with Crippen LogP contribution in [0.15, 0.2) is 55.0 Å². The number of aliphatic hydroxyl groups is 1. The molecule has 0 bridgehead atoms. The number of nitrogens with one attached hydrogen (secondary N) is 1. The van der Waals surface area contributed by atoms with Crippen LogP contribution < -0.4 is 5.32 Å². The minimum atomic E-state index is -0.522. The molecule has 124 valence electrons. The van der Waals surface area contributed by atoms with Crippen LogP contribution in [0.4, 0.5) is 0 Å². The second-order valence-corrected chi connectivity index (χ2v) is 5.97. The molecule has 0 aliphatic heterocycles. The van der Waals surface area contributed by atoms with E-state index in [9.17, 15) is 5.11 Å². The van der Waals surface area contributed by atoms with E-state index in [0.717, 1.165) is 27.9 Å². The van der Waals surface area contributed by atoms with Crippen molar-refractivity contribution in [2.24, 2.45) is 7.05 Å². The molecular weight excluding hydrogens is 300 g/mol. The average molecular weight is 322 g/mol. The van der Waals surface area contributed by atoms with Gasteiger partial charge in [0, 0.05) is 49.9 Å². The Labute approximate surface area is 142 Å². The summed E-state index contributed by atoms with van der Waals surface area (Å²) in [7, 11) is 1.91. The van der Waals surface area contributed by atoms with E-state index in [1.54, 1.807) is 12.4 Å². The zero-order valence-corrected chi connectivity index (χ0v) is 14.0. The van der Waals surface area contributed by atoms with Crippen LogP contribution in [0.3, 0.4) is 0 Å². The molecular formula is C19H22N4O. The summed E-state index contributed by atoms with van der Waals surface area (Å²) in [5.41, 5.74) is 5.17. The molecule has 1 atom stereocenters. The number of benzene rings is 1. The minimum absolute atomic E-state index is 0.494. The third-order valence-electron chi connectivity index (χ3n) is 3.94. The van der Waals surface area contributed by atoms with Gasteiger partial charge in [-0.2, -0.15) is 5.10 Å². The lowest BCUT2D eigenvalue weighted by atomic mass is 10.1. The van der Waals surface area contributed by atoms with Crippen molar-refractivity contribution in [3.8, 4) is 11.3 Å². The van der Waals surface area contributed by atoms with Crippen LogP contribution in [-0.4, -0.2) is 26.4 Å². The number of hydrogen-bond donors (Lipinski definition) is 2. The quantitative estimate of drug-likeness (QED) is 0.732. The third-order valence-corrected chi connectivity index (χ3v) is 3.94. The van der Waals surface area contributed by atoms with Gasteiger partial charge < -0.3 is 10.4 Å². The molecule has 5 heteroatoms. The topological polar surface area (TPSA) is 63.0 Å². The van der Waals surface area contributed by atoms with Crippen LogP contribution in [-0.2, 0) is 13.6 Å². The van der Waals surface area contributed by atoms with Crippen molar-refractivity contribution in [2.75, 3.05) is 6.54 Å². The van der Waals surface area contributed by atoms with Crippen LogP contribution in [0.5, 0.6) is 0 Å². The van der Waals surface area contributed by atoms with Crippen molar-refractivity contribution in [2.45, 2.75) is 19.6 Å². The molecule has 0 fully saturated rings. The van der Waals surface area contributed by atoms with Crippen molar-refractivity contribution in [3.05, 3.63) is 71.7 Å². The Bertz CT molecular complexity index is 798. The molecule has 24 heavy (non-hydrogen) atoms. The maximum atomic E-state index is 10.3. The standard InChI is InChI=1S/C19H22N4O/c1-14-4-3-5-16(10-14)18(24)12-21-11-17-13-23(2)22-19(17)15-6-8-20-9-7-15/h3-10,13,18,21,24H,11-12H2,1-2H3. The largest absolute Gasteiger partial charge is 0.387 e. The van der Waals surface area contributed by atoms with E-state index in [1.165, 1.54) is 0 Å². The number of nitrogens with zero attached hydrogens (tertiary/aromatic N) is 3. The highest BCUT2D eigenvalue weighted by atomic mass is 16.3. The average Bonchev–Trinajstić information content (AvgIpc) is 2.96. The zero-order chi connectivity index (χ0) is 16.9.